The van der Waals surface area contributed by atoms with Gasteiger partial charge in [0.25, 0.3) is 5.91 Å². The van der Waals surface area contributed by atoms with Gasteiger partial charge in [0.2, 0.25) is 0 Å². The number of rotatable bonds is 9. The molecule has 0 unspecified atom stereocenters. The first kappa shape index (κ1) is 15.3. The predicted molar refractivity (Wildman–Crippen MR) is 73.3 cm³/mol. The number of amides is 1. The van der Waals surface area contributed by atoms with E-state index in [1.54, 1.807) is 18.2 Å². The highest BCUT2D eigenvalue weighted by Crippen LogP contribution is 2.31. The molecule has 6 nitrogen and oxygen atoms in total. The van der Waals surface area contributed by atoms with Gasteiger partial charge in [0, 0.05) is 0 Å². The van der Waals surface area contributed by atoms with Gasteiger partial charge in [0.1, 0.15) is 0 Å². The van der Waals surface area contributed by atoms with Crippen molar-refractivity contribution in [1.82, 2.24) is 0 Å². The van der Waals surface area contributed by atoms with E-state index in [4.69, 9.17) is 26.7 Å². The maximum absolute atomic E-state index is 11.4. The fourth-order valence-corrected chi connectivity index (χ4v) is 1.50. The van der Waals surface area contributed by atoms with Crippen LogP contribution in [-0.4, -0.2) is 32.2 Å². The molecule has 6 N–H and O–H groups in total. The van der Waals surface area contributed by atoms with Crippen molar-refractivity contribution in [1.29, 1.82) is 0 Å². The highest BCUT2D eigenvalue weighted by Gasteiger charge is 2.15. The first-order valence-corrected chi connectivity index (χ1v) is 6.29. The minimum absolute atomic E-state index is 0.308. The summed E-state index contributed by atoms with van der Waals surface area (Å²) >= 11 is 0. The Bertz CT molecular complexity index is 410. The SMILES string of the molecule is NCCCOc1cccc(C(N)=O)c1OCCCN. The maximum atomic E-state index is 11.4. The normalized spacial score (nSPS) is 10.2. The molecule has 1 aromatic rings. The van der Waals surface area contributed by atoms with E-state index in [2.05, 4.69) is 0 Å². The highest BCUT2D eigenvalue weighted by molar-refractivity contribution is 5.96. The molecule has 0 aliphatic carbocycles. The molecule has 0 atom stereocenters. The van der Waals surface area contributed by atoms with Crippen LogP contribution in [0.1, 0.15) is 23.2 Å². The zero-order chi connectivity index (χ0) is 14.1. The molecule has 19 heavy (non-hydrogen) atoms. The molecule has 1 aromatic carbocycles. The van der Waals surface area contributed by atoms with Crippen LogP contribution in [-0.2, 0) is 0 Å². The molecule has 1 rings (SSSR count). The van der Waals surface area contributed by atoms with Crippen LogP contribution in [0.3, 0.4) is 0 Å². The lowest BCUT2D eigenvalue weighted by Gasteiger charge is -2.14. The van der Waals surface area contributed by atoms with Gasteiger partial charge in [-0.1, -0.05) is 6.07 Å². The number of para-hydroxylation sites is 1. The predicted octanol–water partition coefficient (Wildman–Crippen LogP) is 0.241. The van der Waals surface area contributed by atoms with Crippen LogP contribution >= 0.6 is 0 Å². The molecular weight excluding hydrogens is 246 g/mol. The minimum Gasteiger partial charge on any atom is -0.490 e. The van der Waals surface area contributed by atoms with Gasteiger partial charge in [-0.3, -0.25) is 4.79 Å². The van der Waals surface area contributed by atoms with Gasteiger partial charge in [0.05, 0.1) is 18.8 Å². The zero-order valence-electron chi connectivity index (χ0n) is 10.9. The molecule has 0 radical (unpaired) electrons. The summed E-state index contributed by atoms with van der Waals surface area (Å²) in [5.74, 6) is 0.328. The Balaban J connectivity index is 2.86. The Labute approximate surface area is 112 Å². The average molecular weight is 267 g/mol. The summed E-state index contributed by atoms with van der Waals surface area (Å²) in [6.07, 6.45) is 1.42. The Morgan fingerprint density at radius 1 is 1.05 bits per heavy atom. The second-order valence-corrected chi connectivity index (χ2v) is 3.98. The standard InChI is InChI=1S/C13H21N3O3/c14-6-2-8-18-11-5-1-4-10(13(16)17)12(11)19-9-3-7-15/h1,4-5H,2-3,6-9,14-15H2,(H2,16,17). The minimum atomic E-state index is -0.549. The molecule has 0 spiro atoms. The number of benzene rings is 1. The summed E-state index contributed by atoms with van der Waals surface area (Å²) in [6, 6.07) is 5.05. The van der Waals surface area contributed by atoms with E-state index in [-0.39, 0.29) is 0 Å². The molecule has 6 heteroatoms. The van der Waals surface area contributed by atoms with Crippen LogP contribution in [0, 0.1) is 0 Å². The molecular formula is C13H21N3O3. The van der Waals surface area contributed by atoms with Crippen LogP contribution in [0.25, 0.3) is 0 Å². The third kappa shape index (κ3) is 4.76. The largest absolute Gasteiger partial charge is 0.490 e. The van der Waals surface area contributed by atoms with E-state index in [9.17, 15) is 4.79 Å². The van der Waals surface area contributed by atoms with Gasteiger partial charge in [-0.2, -0.15) is 0 Å². The van der Waals surface area contributed by atoms with Crippen molar-refractivity contribution >= 4 is 5.91 Å². The molecule has 0 aromatic heterocycles. The van der Waals surface area contributed by atoms with Gasteiger partial charge >= 0.3 is 0 Å². The molecule has 0 saturated carbocycles. The monoisotopic (exact) mass is 267 g/mol. The number of hydrogen-bond acceptors (Lipinski definition) is 5. The Morgan fingerprint density at radius 2 is 1.68 bits per heavy atom. The lowest BCUT2D eigenvalue weighted by molar-refractivity contribution is 0.0995. The van der Waals surface area contributed by atoms with Crippen LogP contribution in [0.2, 0.25) is 0 Å². The number of carbonyl (C=O) groups excluding carboxylic acids is 1. The molecule has 106 valence electrons. The van der Waals surface area contributed by atoms with Gasteiger partial charge in [0.15, 0.2) is 11.5 Å². The number of hydrogen-bond donors (Lipinski definition) is 3. The van der Waals surface area contributed by atoms with Crippen molar-refractivity contribution in [2.24, 2.45) is 17.2 Å². The fourth-order valence-electron chi connectivity index (χ4n) is 1.50. The fraction of sp³-hybridized carbons (Fsp3) is 0.462. The summed E-state index contributed by atoms with van der Waals surface area (Å²) in [5, 5.41) is 0. The Morgan fingerprint density at radius 3 is 2.26 bits per heavy atom. The van der Waals surface area contributed by atoms with E-state index in [1.807, 2.05) is 0 Å². The quantitative estimate of drug-likeness (QED) is 0.555. The van der Waals surface area contributed by atoms with Crippen LogP contribution in [0.4, 0.5) is 0 Å². The van der Waals surface area contributed by atoms with E-state index in [0.717, 1.165) is 6.42 Å². The second-order valence-electron chi connectivity index (χ2n) is 3.98. The van der Waals surface area contributed by atoms with E-state index >= 15 is 0 Å². The first-order valence-electron chi connectivity index (χ1n) is 6.29. The van der Waals surface area contributed by atoms with Crippen molar-refractivity contribution in [3.63, 3.8) is 0 Å². The molecule has 0 heterocycles. The number of carbonyl (C=O) groups is 1. The summed E-state index contributed by atoms with van der Waals surface area (Å²) in [6.45, 7) is 1.93. The maximum Gasteiger partial charge on any atom is 0.252 e. The smallest absolute Gasteiger partial charge is 0.252 e. The topological polar surface area (TPSA) is 114 Å². The number of primary amides is 1. The lowest BCUT2D eigenvalue weighted by Crippen LogP contribution is -2.15. The van der Waals surface area contributed by atoms with Crippen molar-refractivity contribution in [2.45, 2.75) is 12.8 Å². The molecule has 0 saturated heterocycles. The van der Waals surface area contributed by atoms with Gasteiger partial charge in [-0.25, -0.2) is 0 Å². The molecule has 0 bridgehead atoms. The summed E-state index contributed by atoms with van der Waals surface area (Å²) < 4.78 is 11.1. The molecule has 0 fully saturated rings. The van der Waals surface area contributed by atoms with Crippen LogP contribution < -0.4 is 26.7 Å². The van der Waals surface area contributed by atoms with Gasteiger partial charge in [-0.15, -0.1) is 0 Å². The highest BCUT2D eigenvalue weighted by atomic mass is 16.5. The van der Waals surface area contributed by atoms with Crippen molar-refractivity contribution < 1.29 is 14.3 Å². The summed E-state index contributed by atoms with van der Waals surface area (Å²) in [7, 11) is 0. The molecule has 0 aliphatic rings. The third-order valence-electron chi connectivity index (χ3n) is 2.45. The van der Waals surface area contributed by atoms with Crippen molar-refractivity contribution in [3.05, 3.63) is 23.8 Å². The lowest BCUT2D eigenvalue weighted by atomic mass is 10.1. The summed E-state index contributed by atoms with van der Waals surface area (Å²) in [4.78, 5) is 11.4. The van der Waals surface area contributed by atoms with Gasteiger partial charge < -0.3 is 26.7 Å². The summed E-state index contributed by atoms with van der Waals surface area (Å²) in [5.41, 5.74) is 16.4. The van der Waals surface area contributed by atoms with Crippen LogP contribution in [0.15, 0.2) is 18.2 Å². The van der Waals surface area contributed by atoms with E-state index in [0.29, 0.717) is 49.8 Å². The number of ether oxygens (including phenoxy) is 2. The van der Waals surface area contributed by atoms with Crippen LogP contribution in [0.5, 0.6) is 11.5 Å². The second kappa shape index (κ2) is 8.34. The van der Waals surface area contributed by atoms with Crippen molar-refractivity contribution in [2.75, 3.05) is 26.3 Å². The Hall–Kier alpha value is -1.79. The average Bonchev–Trinajstić information content (AvgIpc) is 2.40. The van der Waals surface area contributed by atoms with E-state index < -0.39 is 5.91 Å². The van der Waals surface area contributed by atoms with Gasteiger partial charge in [-0.05, 0) is 38.1 Å². The molecule has 1 amide bonds. The van der Waals surface area contributed by atoms with Crippen molar-refractivity contribution in [3.8, 4) is 11.5 Å². The zero-order valence-corrected chi connectivity index (χ0v) is 10.9. The third-order valence-corrected chi connectivity index (χ3v) is 2.45. The number of nitrogens with two attached hydrogens (primary N) is 3. The van der Waals surface area contributed by atoms with E-state index in [1.165, 1.54) is 0 Å². The molecule has 0 aliphatic heterocycles. The Kier molecular flexibility index (Phi) is 6.70. The first-order chi connectivity index (χ1) is 9.20.